The van der Waals surface area contributed by atoms with Gasteiger partial charge in [0.15, 0.2) is 0 Å². The zero-order chi connectivity index (χ0) is 16.4. The number of hydrogen-bond acceptors (Lipinski definition) is 3. The quantitative estimate of drug-likeness (QED) is 0.728. The van der Waals surface area contributed by atoms with E-state index < -0.39 is 0 Å². The van der Waals surface area contributed by atoms with Crippen molar-refractivity contribution in [3.63, 3.8) is 0 Å². The Morgan fingerprint density at radius 1 is 1.14 bits per heavy atom. The van der Waals surface area contributed by atoms with Crippen molar-refractivity contribution in [1.29, 1.82) is 0 Å². The molecular weight excluding hydrogens is 302 g/mol. The normalized spacial score (nSPS) is 10.5. The van der Waals surface area contributed by atoms with Crippen LogP contribution in [0.4, 0.5) is 0 Å². The van der Waals surface area contributed by atoms with E-state index in [2.05, 4.69) is 10.6 Å². The van der Waals surface area contributed by atoms with E-state index in [1.54, 1.807) is 6.07 Å². The Balaban J connectivity index is 2.32. The van der Waals surface area contributed by atoms with Crippen molar-refractivity contribution in [2.45, 2.75) is 26.8 Å². The monoisotopic (exact) mass is 325 g/mol. The standard InChI is InChI=1S/C16H24ClN3O2/c1-3-18-16(22)12-20(4-2)10-9-15(21)19-11-13-7-5-6-8-14(13)17/h5-8H,3-4,9-12H2,1-2H3,(H,18,22)(H,19,21). The van der Waals surface area contributed by atoms with E-state index in [9.17, 15) is 9.59 Å². The Morgan fingerprint density at radius 3 is 2.50 bits per heavy atom. The molecule has 0 aliphatic heterocycles. The molecule has 5 nitrogen and oxygen atoms in total. The molecule has 2 amide bonds. The Morgan fingerprint density at radius 2 is 1.86 bits per heavy atom. The highest BCUT2D eigenvalue weighted by Gasteiger charge is 2.10. The number of hydrogen-bond donors (Lipinski definition) is 2. The topological polar surface area (TPSA) is 61.4 Å². The number of benzene rings is 1. The summed E-state index contributed by atoms with van der Waals surface area (Å²) in [5, 5.41) is 6.25. The van der Waals surface area contributed by atoms with E-state index in [0.29, 0.717) is 37.6 Å². The van der Waals surface area contributed by atoms with Gasteiger partial charge in [-0.3, -0.25) is 14.5 Å². The van der Waals surface area contributed by atoms with Crippen LogP contribution in [0.1, 0.15) is 25.8 Å². The van der Waals surface area contributed by atoms with Crippen molar-refractivity contribution in [1.82, 2.24) is 15.5 Å². The molecule has 0 bridgehead atoms. The van der Waals surface area contributed by atoms with Crippen LogP contribution in [0, 0.1) is 0 Å². The molecule has 1 aromatic carbocycles. The van der Waals surface area contributed by atoms with E-state index in [1.165, 1.54) is 0 Å². The van der Waals surface area contributed by atoms with E-state index in [-0.39, 0.29) is 11.8 Å². The smallest absolute Gasteiger partial charge is 0.234 e. The zero-order valence-corrected chi connectivity index (χ0v) is 13.9. The van der Waals surface area contributed by atoms with Crippen molar-refractivity contribution in [3.8, 4) is 0 Å². The maximum absolute atomic E-state index is 11.9. The molecule has 0 aliphatic carbocycles. The predicted octanol–water partition coefficient (Wildman–Crippen LogP) is 1.80. The molecular formula is C16H24ClN3O2. The van der Waals surface area contributed by atoms with Crippen molar-refractivity contribution in [2.24, 2.45) is 0 Å². The minimum atomic E-state index is -0.0470. The molecule has 0 atom stereocenters. The summed E-state index contributed by atoms with van der Waals surface area (Å²) < 4.78 is 0. The molecule has 2 N–H and O–H groups in total. The molecule has 1 rings (SSSR count). The molecule has 0 aliphatic rings. The molecule has 0 fully saturated rings. The fraction of sp³-hybridized carbons (Fsp3) is 0.500. The highest BCUT2D eigenvalue weighted by atomic mass is 35.5. The van der Waals surface area contributed by atoms with Gasteiger partial charge in [0.1, 0.15) is 0 Å². The summed E-state index contributed by atoms with van der Waals surface area (Å²) in [6.45, 7) is 6.51. The van der Waals surface area contributed by atoms with Gasteiger partial charge >= 0.3 is 0 Å². The van der Waals surface area contributed by atoms with Gasteiger partial charge in [0.25, 0.3) is 0 Å². The summed E-state index contributed by atoms with van der Waals surface area (Å²) >= 11 is 6.04. The maximum atomic E-state index is 11.9. The number of amides is 2. The first-order valence-corrected chi connectivity index (χ1v) is 7.93. The van der Waals surface area contributed by atoms with Crippen molar-refractivity contribution < 1.29 is 9.59 Å². The van der Waals surface area contributed by atoms with Crippen LogP contribution in [-0.4, -0.2) is 42.9 Å². The average Bonchev–Trinajstić information content (AvgIpc) is 2.50. The number of halogens is 1. The van der Waals surface area contributed by atoms with Crippen molar-refractivity contribution >= 4 is 23.4 Å². The maximum Gasteiger partial charge on any atom is 0.234 e. The summed E-state index contributed by atoms with van der Waals surface area (Å²) in [5.41, 5.74) is 0.896. The third-order valence-electron chi connectivity index (χ3n) is 3.28. The van der Waals surface area contributed by atoms with Crippen LogP contribution in [0.5, 0.6) is 0 Å². The lowest BCUT2D eigenvalue weighted by molar-refractivity contribution is -0.124. The number of nitrogens with one attached hydrogen (secondary N) is 2. The second-order valence-electron chi connectivity index (χ2n) is 4.94. The van der Waals surface area contributed by atoms with Crippen LogP contribution >= 0.6 is 11.6 Å². The summed E-state index contributed by atoms with van der Waals surface area (Å²) in [6.07, 6.45) is 0.359. The van der Waals surface area contributed by atoms with Crippen LogP contribution in [0.2, 0.25) is 5.02 Å². The first kappa shape index (κ1) is 18.5. The minimum absolute atomic E-state index is 0.0131. The van der Waals surface area contributed by atoms with Crippen LogP contribution in [-0.2, 0) is 16.1 Å². The number of rotatable bonds is 9. The first-order valence-electron chi connectivity index (χ1n) is 7.56. The molecule has 0 saturated heterocycles. The van der Waals surface area contributed by atoms with Crippen LogP contribution in [0.25, 0.3) is 0 Å². The lowest BCUT2D eigenvalue weighted by atomic mass is 10.2. The Kier molecular flexibility index (Phi) is 8.55. The van der Waals surface area contributed by atoms with Gasteiger partial charge in [-0.1, -0.05) is 36.7 Å². The Hall–Kier alpha value is -1.59. The van der Waals surface area contributed by atoms with Gasteiger partial charge in [-0.2, -0.15) is 0 Å². The summed E-state index contributed by atoms with van der Waals surface area (Å²) in [5.74, 6) is -0.0601. The Labute approximate surface area is 137 Å². The third kappa shape index (κ3) is 6.91. The van der Waals surface area contributed by atoms with Crippen LogP contribution < -0.4 is 10.6 Å². The lowest BCUT2D eigenvalue weighted by Gasteiger charge is -2.19. The second-order valence-corrected chi connectivity index (χ2v) is 5.35. The highest BCUT2D eigenvalue weighted by Crippen LogP contribution is 2.14. The highest BCUT2D eigenvalue weighted by molar-refractivity contribution is 6.31. The molecule has 0 spiro atoms. The first-order chi connectivity index (χ1) is 10.6. The molecule has 0 saturated carbocycles. The van der Waals surface area contributed by atoms with E-state index in [4.69, 9.17) is 11.6 Å². The molecule has 1 aromatic rings. The van der Waals surface area contributed by atoms with Crippen molar-refractivity contribution in [3.05, 3.63) is 34.9 Å². The van der Waals surface area contributed by atoms with Gasteiger partial charge in [0, 0.05) is 31.1 Å². The van der Waals surface area contributed by atoms with Crippen LogP contribution in [0.3, 0.4) is 0 Å². The lowest BCUT2D eigenvalue weighted by Crippen LogP contribution is -2.39. The van der Waals surface area contributed by atoms with E-state index >= 15 is 0 Å². The average molecular weight is 326 g/mol. The fourth-order valence-corrected chi connectivity index (χ4v) is 2.19. The van der Waals surface area contributed by atoms with Gasteiger partial charge < -0.3 is 10.6 Å². The number of carbonyl (C=O) groups excluding carboxylic acids is 2. The fourth-order valence-electron chi connectivity index (χ4n) is 1.99. The van der Waals surface area contributed by atoms with Crippen molar-refractivity contribution in [2.75, 3.05) is 26.2 Å². The summed E-state index contributed by atoms with van der Waals surface area (Å²) in [7, 11) is 0. The second kappa shape index (κ2) is 10.2. The molecule has 122 valence electrons. The largest absolute Gasteiger partial charge is 0.355 e. The molecule has 0 unspecified atom stereocenters. The van der Waals surface area contributed by atoms with Gasteiger partial charge in [0.2, 0.25) is 11.8 Å². The summed E-state index contributed by atoms with van der Waals surface area (Å²) in [6, 6.07) is 7.43. The number of nitrogens with zero attached hydrogens (tertiary/aromatic N) is 1. The predicted molar refractivity (Wildman–Crippen MR) is 88.7 cm³/mol. The molecule has 6 heteroatoms. The number of carbonyl (C=O) groups is 2. The van der Waals surface area contributed by atoms with E-state index in [1.807, 2.05) is 36.9 Å². The third-order valence-corrected chi connectivity index (χ3v) is 3.65. The SMILES string of the molecule is CCNC(=O)CN(CC)CCC(=O)NCc1ccccc1Cl. The zero-order valence-electron chi connectivity index (χ0n) is 13.2. The van der Waals surface area contributed by atoms with Gasteiger partial charge in [-0.25, -0.2) is 0 Å². The molecule has 0 radical (unpaired) electrons. The van der Waals surface area contributed by atoms with Crippen LogP contribution in [0.15, 0.2) is 24.3 Å². The van der Waals surface area contributed by atoms with Gasteiger partial charge in [0.05, 0.1) is 6.54 Å². The molecule has 0 heterocycles. The Bertz CT molecular complexity index is 494. The van der Waals surface area contributed by atoms with Gasteiger partial charge in [-0.15, -0.1) is 0 Å². The summed E-state index contributed by atoms with van der Waals surface area (Å²) in [4.78, 5) is 25.4. The molecule has 22 heavy (non-hydrogen) atoms. The molecule has 0 aromatic heterocycles. The minimum Gasteiger partial charge on any atom is -0.355 e. The van der Waals surface area contributed by atoms with Gasteiger partial charge in [-0.05, 0) is 25.1 Å². The number of likely N-dealkylation sites (N-methyl/N-ethyl adjacent to an activating group) is 2. The van der Waals surface area contributed by atoms with E-state index in [0.717, 1.165) is 12.1 Å².